The second kappa shape index (κ2) is 7.80. The largest absolute Gasteiger partial charge is 0.478 e. The van der Waals surface area contributed by atoms with E-state index in [0.29, 0.717) is 17.0 Å². The summed E-state index contributed by atoms with van der Waals surface area (Å²) < 4.78 is 0. The van der Waals surface area contributed by atoms with Crippen LogP contribution in [0.4, 0.5) is 5.69 Å². The number of carbonyl (C=O) groups is 2. The maximum absolute atomic E-state index is 13.1. The van der Waals surface area contributed by atoms with Crippen molar-refractivity contribution in [3.05, 3.63) is 70.3 Å². The molecule has 2 aromatic carbocycles. The first-order valence-corrected chi connectivity index (χ1v) is 10.4. The number of aromatic carboxylic acids is 1. The van der Waals surface area contributed by atoms with E-state index in [4.69, 9.17) is 5.11 Å². The third-order valence-electron chi connectivity index (χ3n) is 5.42. The van der Waals surface area contributed by atoms with E-state index < -0.39 is 5.97 Å². The van der Waals surface area contributed by atoms with E-state index in [0.717, 1.165) is 5.56 Å². The lowest BCUT2D eigenvalue weighted by Gasteiger charge is -2.26. The number of hydrazone groups is 1. The van der Waals surface area contributed by atoms with Crippen molar-refractivity contribution >= 4 is 29.4 Å². The molecule has 5 heteroatoms. The van der Waals surface area contributed by atoms with Crippen LogP contribution in [0, 0.1) is 0 Å². The molecule has 1 heterocycles. The number of hydrogen-bond donors (Lipinski definition) is 1. The minimum atomic E-state index is -1.01. The Hall–Kier alpha value is -3.21. The Labute approximate surface area is 184 Å². The van der Waals surface area contributed by atoms with Gasteiger partial charge in [-0.2, -0.15) is 10.1 Å². The number of carboxylic acids is 1. The molecule has 0 radical (unpaired) electrons. The van der Waals surface area contributed by atoms with Crippen molar-refractivity contribution in [1.29, 1.82) is 0 Å². The molecular formula is C26H30N2O3. The average Bonchev–Trinajstić information content (AvgIpc) is 2.94. The number of nitrogens with zero attached hydrogens (tertiary/aromatic N) is 2. The highest BCUT2D eigenvalue weighted by Crippen LogP contribution is 2.32. The first-order valence-electron chi connectivity index (χ1n) is 10.4. The van der Waals surface area contributed by atoms with Crippen LogP contribution in [0.25, 0.3) is 6.08 Å². The van der Waals surface area contributed by atoms with Gasteiger partial charge in [0.25, 0.3) is 5.91 Å². The standard InChI is InChI=1S/C26H30N2O3/c1-16-22(23(29)28(27-16)21-10-8-18(9-11-21)24(30)31)14-17-12-19(25(2,3)4)15-20(13-17)26(5,6)7/h8-15H,1-7H3,(H,30,31)/b22-14+. The summed E-state index contributed by atoms with van der Waals surface area (Å²) in [5.41, 5.74) is 5.24. The molecular weight excluding hydrogens is 388 g/mol. The Morgan fingerprint density at radius 1 is 0.935 bits per heavy atom. The summed E-state index contributed by atoms with van der Waals surface area (Å²) in [7, 11) is 0. The highest BCUT2D eigenvalue weighted by atomic mass is 16.4. The van der Waals surface area contributed by atoms with Crippen molar-refractivity contribution in [3.8, 4) is 0 Å². The molecule has 1 N–H and O–H groups in total. The molecule has 1 amide bonds. The van der Waals surface area contributed by atoms with Gasteiger partial charge in [-0.25, -0.2) is 4.79 Å². The molecule has 2 aromatic rings. The molecule has 0 spiro atoms. The summed E-state index contributed by atoms with van der Waals surface area (Å²) in [6.45, 7) is 14.9. The number of benzene rings is 2. The predicted octanol–water partition coefficient (Wildman–Crippen LogP) is 5.79. The Morgan fingerprint density at radius 2 is 1.45 bits per heavy atom. The van der Waals surface area contributed by atoms with Crippen molar-refractivity contribution in [2.45, 2.75) is 59.3 Å². The summed E-state index contributed by atoms with van der Waals surface area (Å²) in [5.74, 6) is -1.23. The molecule has 0 atom stereocenters. The van der Waals surface area contributed by atoms with Gasteiger partial charge in [0.2, 0.25) is 0 Å². The van der Waals surface area contributed by atoms with E-state index in [1.165, 1.54) is 28.3 Å². The number of carboxylic acid groups (broad SMARTS) is 1. The van der Waals surface area contributed by atoms with E-state index in [1.54, 1.807) is 12.1 Å². The number of hydrogen-bond acceptors (Lipinski definition) is 3. The van der Waals surface area contributed by atoms with Crippen LogP contribution in [-0.2, 0) is 15.6 Å². The smallest absolute Gasteiger partial charge is 0.335 e. The third-order valence-corrected chi connectivity index (χ3v) is 5.42. The van der Waals surface area contributed by atoms with Crippen molar-refractivity contribution in [2.75, 3.05) is 5.01 Å². The minimum absolute atomic E-state index is 0.0186. The van der Waals surface area contributed by atoms with Crippen molar-refractivity contribution in [1.82, 2.24) is 0 Å². The molecule has 0 aliphatic carbocycles. The number of rotatable bonds is 3. The Morgan fingerprint density at radius 3 is 1.90 bits per heavy atom. The highest BCUT2D eigenvalue weighted by Gasteiger charge is 2.29. The predicted molar refractivity (Wildman–Crippen MR) is 126 cm³/mol. The summed E-state index contributed by atoms with van der Waals surface area (Å²) in [4.78, 5) is 24.2. The molecule has 0 saturated carbocycles. The van der Waals surface area contributed by atoms with Gasteiger partial charge in [-0.3, -0.25) is 4.79 Å². The number of amides is 1. The fraction of sp³-hybridized carbons (Fsp3) is 0.346. The summed E-state index contributed by atoms with van der Waals surface area (Å²) in [6.07, 6.45) is 1.90. The molecule has 162 valence electrons. The second-order valence-corrected chi connectivity index (χ2v) is 10.1. The van der Waals surface area contributed by atoms with Gasteiger partial charge in [0, 0.05) is 0 Å². The molecule has 3 rings (SSSR count). The summed E-state index contributed by atoms with van der Waals surface area (Å²) in [6, 6.07) is 12.6. The zero-order valence-corrected chi connectivity index (χ0v) is 19.3. The Balaban J connectivity index is 2.01. The third kappa shape index (κ3) is 4.76. The van der Waals surface area contributed by atoms with Crippen LogP contribution >= 0.6 is 0 Å². The van der Waals surface area contributed by atoms with Crippen molar-refractivity contribution in [2.24, 2.45) is 5.10 Å². The molecule has 0 bridgehead atoms. The van der Waals surface area contributed by atoms with Gasteiger partial charge in [-0.05, 0) is 64.8 Å². The van der Waals surface area contributed by atoms with Crippen LogP contribution in [0.3, 0.4) is 0 Å². The highest BCUT2D eigenvalue weighted by molar-refractivity contribution is 6.32. The van der Waals surface area contributed by atoms with Crippen LogP contribution in [0.2, 0.25) is 0 Å². The van der Waals surface area contributed by atoms with Gasteiger partial charge in [0.15, 0.2) is 0 Å². The van der Waals surface area contributed by atoms with Crippen LogP contribution < -0.4 is 5.01 Å². The second-order valence-electron chi connectivity index (χ2n) is 10.1. The van der Waals surface area contributed by atoms with Gasteiger partial charge in [0.1, 0.15) is 0 Å². The lowest BCUT2D eigenvalue weighted by molar-refractivity contribution is -0.114. The molecule has 1 aliphatic heterocycles. The number of carbonyl (C=O) groups excluding carboxylic acids is 1. The van der Waals surface area contributed by atoms with Crippen molar-refractivity contribution < 1.29 is 14.7 Å². The fourth-order valence-electron chi connectivity index (χ4n) is 3.37. The summed E-state index contributed by atoms with van der Waals surface area (Å²) in [5, 5.41) is 14.8. The van der Waals surface area contributed by atoms with Crippen LogP contribution in [0.15, 0.2) is 53.1 Å². The molecule has 0 saturated heterocycles. The van der Waals surface area contributed by atoms with E-state index in [-0.39, 0.29) is 22.3 Å². The van der Waals surface area contributed by atoms with Crippen LogP contribution in [0.1, 0.15) is 75.5 Å². The fourth-order valence-corrected chi connectivity index (χ4v) is 3.37. The normalized spacial score (nSPS) is 16.1. The first kappa shape index (κ1) is 22.5. The van der Waals surface area contributed by atoms with Crippen LogP contribution in [-0.4, -0.2) is 22.7 Å². The lowest BCUT2D eigenvalue weighted by atomic mass is 9.79. The first-order chi connectivity index (χ1) is 14.3. The zero-order chi connectivity index (χ0) is 23.1. The van der Waals surface area contributed by atoms with Crippen LogP contribution in [0.5, 0.6) is 0 Å². The SMILES string of the molecule is CC1=NN(c2ccc(C(=O)O)cc2)C(=O)/C1=C/c1cc(C(C)(C)C)cc(C(C)(C)C)c1. The summed E-state index contributed by atoms with van der Waals surface area (Å²) >= 11 is 0. The van der Waals surface area contributed by atoms with E-state index in [1.807, 2.05) is 13.0 Å². The Kier molecular flexibility index (Phi) is 5.66. The van der Waals surface area contributed by atoms with E-state index >= 15 is 0 Å². The monoisotopic (exact) mass is 418 g/mol. The minimum Gasteiger partial charge on any atom is -0.478 e. The van der Waals surface area contributed by atoms with Gasteiger partial charge < -0.3 is 5.11 Å². The van der Waals surface area contributed by atoms with Crippen molar-refractivity contribution in [3.63, 3.8) is 0 Å². The topological polar surface area (TPSA) is 70.0 Å². The van der Waals surface area contributed by atoms with E-state index in [2.05, 4.69) is 64.8 Å². The lowest BCUT2D eigenvalue weighted by Crippen LogP contribution is -2.21. The molecule has 5 nitrogen and oxygen atoms in total. The van der Waals surface area contributed by atoms with Gasteiger partial charge in [0.05, 0.1) is 22.5 Å². The maximum atomic E-state index is 13.1. The van der Waals surface area contributed by atoms with E-state index in [9.17, 15) is 9.59 Å². The average molecular weight is 419 g/mol. The molecule has 0 aromatic heterocycles. The molecule has 0 unspecified atom stereocenters. The molecule has 1 aliphatic rings. The molecule has 0 fully saturated rings. The quantitative estimate of drug-likeness (QED) is 0.642. The van der Waals surface area contributed by atoms with Gasteiger partial charge >= 0.3 is 5.97 Å². The number of anilines is 1. The molecule has 31 heavy (non-hydrogen) atoms. The van der Waals surface area contributed by atoms with Gasteiger partial charge in [-0.15, -0.1) is 0 Å². The van der Waals surface area contributed by atoms with Gasteiger partial charge in [-0.1, -0.05) is 59.7 Å². The zero-order valence-electron chi connectivity index (χ0n) is 19.3. The maximum Gasteiger partial charge on any atom is 0.335 e. The Bertz CT molecular complexity index is 1060.